The Bertz CT molecular complexity index is 1210. The molecule has 2 heterocycles. The summed E-state index contributed by atoms with van der Waals surface area (Å²) in [7, 11) is 0. The molecule has 9 nitrogen and oxygen atoms in total. The Kier molecular flexibility index (Phi) is 9.04. The zero-order valence-electron chi connectivity index (χ0n) is 22.9. The van der Waals surface area contributed by atoms with E-state index in [1.54, 1.807) is 39.0 Å². The number of nitrogens with zero attached hydrogens (tertiary/aromatic N) is 3. The number of anilines is 1. The molecule has 0 radical (unpaired) electrons. The molecule has 3 amide bonds. The van der Waals surface area contributed by atoms with Crippen LogP contribution in [-0.2, 0) is 16.0 Å². The minimum Gasteiger partial charge on any atom is -0.444 e. The van der Waals surface area contributed by atoms with E-state index in [-0.39, 0.29) is 17.9 Å². The number of urea groups is 1. The van der Waals surface area contributed by atoms with Crippen LogP contribution in [-0.4, -0.2) is 84.4 Å². The molecule has 39 heavy (non-hydrogen) atoms. The lowest BCUT2D eigenvalue weighted by molar-refractivity contribution is 0.0270. The first kappa shape index (κ1) is 28.3. The van der Waals surface area contributed by atoms with Crippen LogP contribution in [0.4, 0.5) is 15.3 Å². The molecule has 2 aliphatic rings. The maximum atomic E-state index is 13.7. The highest BCUT2D eigenvalue weighted by Crippen LogP contribution is 2.28. The number of ketones is 1. The van der Waals surface area contributed by atoms with Gasteiger partial charge in [-0.1, -0.05) is 42.5 Å². The van der Waals surface area contributed by atoms with Crippen LogP contribution in [0.1, 0.15) is 48.7 Å². The molecule has 1 saturated heterocycles. The van der Waals surface area contributed by atoms with Crippen molar-refractivity contribution in [1.82, 2.24) is 9.80 Å². The first-order valence-electron chi connectivity index (χ1n) is 13.3. The molecule has 208 valence electrons. The third-order valence-electron chi connectivity index (χ3n) is 6.66. The second kappa shape index (κ2) is 12.4. The highest BCUT2D eigenvalue weighted by Gasteiger charge is 2.26. The second-order valence-electron chi connectivity index (χ2n) is 10.7. The lowest BCUT2D eigenvalue weighted by Crippen LogP contribution is -2.48. The van der Waals surface area contributed by atoms with Crippen molar-refractivity contribution in [3.05, 3.63) is 71.3 Å². The first-order valence-corrected chi connectivity index (χ1v) is 13.3. The van der Waals surface area contributed by atoms with Crippen LogP contribution in [0.15, 0.2) is 54.6 Å². The minimum atomic E-state index is -0.542. The largest absolute Gasteiger partial charge is 0.444 e. The van der Waals surface area contributed by atoms with E-state index < -0.39 is 12.2 Å². The van der Waals surface area contributed by atoms with Crippen LogP contribution < -0.4 is 4.90 Å². The summed E-state index contributed by atoms with van der Waals surface area (Å²) in [6, 6.07) is 14.7. The molecule has 0 unspecified atom stereocenters. The molecule has 2 aromatic rings. The number of rotatable bonds is 6. The van der Waals surface area contributed by atoms with Crippen molar-refractivity contribution in [3.63, 3.8) is 0 Å². The Labute approximate surface area is 229 Å². The number of carbonyl (C=O) groups is 3. The first-order chi connectivity index (χ1) is 18.6. The van der Waals surface area contributed by atoms with Gasteiger partial charge in [-0.2, -0.15) is 0 Å². The SMILES string of the molecule is CC(C)(C)OC(=O)N1CC=C(c2cccc(N(Cc3ccc(C(=O)CO)cc3)C(=O)N3CCOCC3)c2)CC1. The lowest BCUT2D eigenvalue weighted by atomic mass is 9.99. The number of aliphatic hydroxyl groups is 1. The Morgan fingerprint density at radius 3 is 2.33 bits per heavy atom. The highest BCUT2D eigenvalue weighted by atomic mass is 16.6. The third-order valence-corrected chi connectivity index (χ3v) is 6.66. The summed E-state index contributed by atoms with van der Waals surface area (Å²) in [6.45, 7) is 8.40. The number of benzene rings is 2. The highest BCUT2D eigenvalue weighted by molar-refractivity contribution is 5.97. The topological polar surface area (TPSA) is 99.6 Å². The van der Waals surface area contributed by atoms with Gasteiger partial charge in [-0.25, -0.2) is 9.59 Å². The van der Waals surface area contributed by atoms with Crippen LogP contribution in [0.2, 0.25) is 0 Å². The molecule has 9 heteroatoms. The molecular formula is C30H37N3O6. The Hall–Kier alpha value is -3.69. The number of hydrogen-bond acceptors (Lipinski definition) is 6. The number of carbonyl (C=O) groups excluding carboxylic acids is 3. The van der Waals surface area contributed by atoms with Crippen LogP contribution >= 0.6 is 0 Å². The van der Waals surface area contributed by atoms with E-state index in [9.17, 15) is 14.4 Å². The zero-order valence-corrected chi connectivity index (χ0v) is 22.9. The van der Waals surface area contributed by atoms with Crippen LogP contribution in [0.25, 0.3) is 5.57 Å². The quantitative estimate of drug-likeness (QED) is 0.553. The predicted molar refractivity (Wildman–Crippen MR) is 149 cm³/mol. The van der Waals surface area contributed by atoms with Crippen molar-refractivity contribution in [2.75, 3.05) is 50.9 Å². The fourth-order valence-corrected chi connectivity index (χ4v) is 4.56. The van der Waals surface area contributed by atoms with Crippen molar-refractivity contribution >= 4 is 29.2 Å². The number of ether oxygens (including phenoxy) is 2. The van der Waals surface area contributed by atoms with E-state index in [0.717, 1.165) is 22.4 Å². The van der Waals surface area contributed by atoms with Gasteiger partial charge in [-0.05, 0) is 56.0 Å². The average Bonchev–Trinajstić information content (AvgIpc) is 2.95. The van der Waals surface area contributed by atoms with E-state index in [4.69, 9.17) is 14.6 Å². The lowest BCUT2D eigenvalue weighted by Gasteiger charge is -2.33. The summed E-state index contributed by atoms with van der Waals surface area (Å²) in [5, 5.41) is 9.14. The minimum absolute atomic E-state index is 0.111. The van der Waals surface area contributed by atoms with Crippen LogP contribution in [0.3, 0.4) is 0 Å². The number of Topliss-reactive ketones (excluding diaryl/α,β-unsaturated/α-hetero) is 1. The molecule has 0 aromatic heterocycles. The van der Waals surface area contributed by atoms with Crippen molar-refractivity contribution in [2.45, 2.75) is 39.3 Å². The van der Waals surface area contributed by atoms with Crippen molar-refractivity contribution < 1.29 is 29.0 Å². The van der Waals surface area contributed by atoms with E-state index >= 15 is 0 Å². The maximum Gasteiger partial charge on any atom is 0.410 e. The molecule has 2 aromatic carbocycles. The number of hydrogen-bond donors (Lipinski definition) is 1. The number of amides is 3. The smallest absolute Gasteiger partial charge is 0.410 e. The molecule has 1 N–H and O–H groups in total. The number of morpholine rings is 1. The second-order valence-corrected chi connectivity index (χ2v) is 10.7. The zero-order chi connectivity index (χ0) is 28.0. The van der Waals surface area contributed by atoms with Gasteiger partial charge in [0.1, 0.15) is 12.2 Å². The van der Waals surface area contributed by atoms with E-state index in [1.807, 2.05) is 51.1 Å². The van der Waals surface area contributed by atoms with Gasteiger partial charge < -0.3 is 24.4 Å². The van der Waals surface area contributed by atoms with Gasteiger partial charge >= 0.3 is 12.1 Å². The number of aliphatic hydroxyl groups excluding tert-OH is 1. The molecular weight excluding hydrogens is 498 g/mol. The van der Waals surface area contributed by atoms with Gasteiger partial charge in [-0.15, -0.1) is 0 Å². The molecule has 0 spiro atoms. The molecule has 0 aliphatic carbocycles. The van der Waals surface area contributed by atoms with Gasteiger partial charge in [0.2, 0.25) is 0 Å². The fourth-order valence-electron chi connectivity index (χ4n) is 4.56. The van der Waals surface area contributed by atoms with E-state index in [1.165, 1.54) is 0 Å². The summed E-state index contributed by atoms with van der Waals surface area (Å²) < 4.78 is 10.9. The van der Waals surface area contributed by atoms with Crippen LogP contribution in [0.5, 0.6) is 0 Å². The summed E-state index contributed by atoms with van der Waals surface area (Å²) in [4.78, 5) is 43.2. The molecule has 1 fully saturated rings. The maximum absolute atomic E-state index is 13.7. The monoisotopic (exact) mass is 535 g/mol. The molecule has 0 atom stereocenters. The van der Waals surface area contributed by atoms with E-state index in [2.05, 4.69) is 0 Å². The molecule has 0 bridgehead atoms. The van der Waals surface area contributed by atoms with Gasteiger partial charge in [0, 0.05) is 37.4 Å². The van der Waals surface area contributed by atoms with Crippen molar-refractivity contribution in [3.8, 4) is 0 Å². The average molecular weight is 536 g/mol. The van der Waals surface area contributed by atoms with Gasteiger partial charge in [0.05, 0.1) is 19.8 Å². The van der Waals surface area contributed by atoms with Crippen molar-refractivity contribution in [1.29, 1.82) is 0 Å². The van der Waals surface area contributed by atoms with Crippen molar-refractivity contribution in [2.24, 2.45) is 0 Å². The van der Waals surface area contributed by atoms with E-state index in [0.29, 0.717) is 57.9 Å². The Balaban J connectivity index is 1.56. The Morgan fingerprint density at radius 2 is 1.72 bits per heavy atom. The molecule has 0 saturated carbocycles. The normalized spacial score (nSPS) is 15.9. The summed E-state index contributed by atoms with van der Waals surface area (Å²) in [6.07, 6.45) is 2.40. The molecule has 2 aliphatic heterocycles. The predicted octanol–water partition coefficient (Wildman–Crippen LogP) is 4.34. The standard InChI is InChI=1S/C30H37N3O6/c1-30(2,3)39-29(37)32-13-11-23(12-14-32)25-5-4-6-26(19-25)33(28(36)31-15-17-38-18-16-31)20-22-7-9-24(10-8-22)27(35)21-34/h4-11,19,34H,12-18,20-21H2,1-3H3. The van der Waals surface area contributed by atoms with Gasteiger partial charge in [0.25, 0.3) is 0 Å². The van der Waals surface area contributed by atoms with Gasteiger partial charge in [0.15, 0.2) is 5.78 Å². The third kappa shape index (κ3) is 7.46. The summed E-state index contributed by atoms with van der Waals surface area (Å²) in [5.74, 6) is -0.346. The Morgan fingerprint density at radius 1 is 1.00 bits per heavy atom. The van der Waals surface area contributed by atoms with Gasteiger partial charge in [-0.3, -0.25) is 9.69 Å². The van der Waals surface area contributed by atoms with Crippen LogP contribution in [0, 0.1) is 0 Å². The molecule has 4 rings (SSSR count). The summed E-state index contributed by atoms with van der Waals surface area (Å²) in [5.41, 5.74) is 3.62. The fraction of sp³-hybridized carbons (Fsp3) is 0.433. The summed E-state index contributed by atoms with van der Waals surface area (Å²) >= 11 is 0.